The molecule has 0 radical (unpaired) electrons. The molecule has 1 unspecified atom stereocenters. The summed E-state index contributed by atoms with van der Waals surface area (Å²) in [4.78, 5) is 0.243. The summed E-state index contributed by atoms with van der Waals surface area (Å²) in [5, 5.41) is -0.368. The molecule has 1 aliphatic rings. The molecule has 140 valence electrons. The molecular formula is C18H21NO5S2. The molecular weight excluding hydrogens is 374 g/mol. The zero-order valence-corrected chi connectivity index (χ0v) is 16.5. The van der Waals surface area contributed by atoms with E-state index in [1.165, 1.54) is 4.31 Å². The van der Waals surface area contributed by atoms with Crippen molar-refractivity contribution in [1.82, 2.24) is 4.31 Å². The minimum absolute atomic E-state index is 0.243. The molecule has 1 atom stereocenters. The Kier molecular flexibility index (Phi) is 5.64. The van der Waals surface area contributed by atoms with Crippen molar-refractivity contribution in [2.45, 2.75) is 10.3 Å². The van der Waals surface area contributed by atoms with Gasteiger partial charge in [-0.2, -0.15) is 4.31 Å². The van der Waals surface area contributed by atoms with Crippen LogP contribution in [-0.4, -0.2) is 46.4 Å². The molecule has 3 rings (SSSR count). The SMILES string of the molecule is COc1ccc(S(=O)(=O)N2CCSC2c2cccc(OC)c2OC)cc1. The Labute approximate surface area is 158 Å². The second-order valence-electron chi connectivity index (χ2n) is 5.60. The van der Waals surface area contributed by atoms with Gasteiger partial charge in [-0.25, -0.2) is 8.42 Å². The van der Waals surface area contributed by atoms with Gasteiger partial charge in [0.25, 0.3) is 0 Å². The first-order valence-electron chi connectivity index (χ1n) is 8.01. The van der Waals surface area contributed by atoms with Gasteiger partial charge in [0, 0.05) is 17.9 Å². The van der Waals surface area contributed by atoms with Crippen molar-refractivity contribution in [2.24, 2.45) is 0 Å². The highest BCUT2D eigenvalue weighted by atomic mass is 32.2. The lowest BCUT2D eigenvalue weighted by molar-refractivity contribution is 0.345. The first-order valence-corrected chi connectivity index (χ1v) is 10.5. The monoisotopic (exact) mass is 395 g/mol. The summed E-state index contributed by atoms with van der Waals surface area (Å²) in [5.74, 6) is 2.47. The predicted octanol–water partition coefficient (Wildman–Crippen LogP) is 3.15. The highest BCUT2D eigenvalue weighted by Crippen LogP contribution is 2.47. The lowest BCUT2D eigenvalue weighted by Gasteiger charge is -2.25. The quantitative estimate of drug-likeness (QED) is 0.749. The van der Waals surface area contributed by atoms with Crippen LogP contribution in [-0.2, 0) is 10.0 Å². The standard InChI is InChI=1S/C18H21NO5S2/c1-22-13-7-9-14(10-8-13)26(20,21)19-11-12-25-18(19)15-5-4-6-16(23-2)17(15)24-3/h4-10,18H,11-12H2,1-3H3. The van der Waals surface area contributed by atoms with E-state index >= 15 is 0 Å². The third-order valence-corrected chi connectivity index (χ3v) is 7.47. The Morgan fingerprint density at radius 1 is 1.00 bits per heavy atom. The van der Waals surface area contributed by atoms with E-state index in [0.29, 0.717) is 29.5 Å². The number of hydrogen-bond donors (Lipinski definition) is 0. The summed E-state index contributed by atoms with van der Waals surface area (Å²) in [6, 6.07) is 11.9. The van der Waals surface area contributed by atoms with Crippen molar-refractivity contribution in [2.75, 3.05) is 33.6 Å². The zero-order chi connectivity index (χ0) is 18.7. The molecule has 0 bridgehead atoms. The molecule has 0 spiro atoms. The molecule has 6 nitrogen and oxygen atoms in total. The summed E-state index contributed by atoms with van der Waals surface area (Å²) >= 11 is 1.57. The third-order valence-electron chi connectivity index (χ3n) is 4.21. The number of sulfonamides is 1. The maximum Gasteiger partial charge on any atom is 0.244 e. The number of hydrogen-bond acceptors (Lipinski definition) is 6. The van der Waals surface area contributed by atoms with Crippen LogP contribution in [0, 0.1) is 0 Å². The van der Waals surface area contributed by atoms with Crippen molar-refractivity contribution in [3.05, 3.63) is 48.0 Å². The fourth-order valence-electron chi connectivity index (χ4n) is 2.94. The summed E-state index contributed by atoms with van der Waals surface area (Å²) in [7, 11) is 1.03. The Balaban J connectivity index is 2.00. The molecule has 1 heterocycles. The van der Waals surface area contributed by atoms with Crippen LogP contribution in [0.1, 0.15) is 10.9 Å². The van der Waals surface area contributed by atoms with Crippen molar-refractivity contribution in [3.8, 4) is 17.2 Å². The van der Waals surface area contributed by atoms with Gasteiger partial charge in [0.1, 0.15) is 5.75 Å². The summed E-state index contributed by atoms with van der Waals surface area (Å²) < 4.78 is 43.8. The van der Waals surface area contributed by atoms with Crippen LogP contribution in [0.3, 0.4) is 0 Å². The topological polar surface area (TPSA) is 65.1 Å². The molecule has 2 aromatic carbocycles. The normalized spacial score (nSPS) is 17.9. The van der Waals surface area contributed by atoms with Gasteiger partial charge < -0.3 is 14.2 Å². The fourth-order valence-corrected chi connectivity index (χ4v) is 6.18. The van der Waals surface area contributed by atoms with E-state index in [9.17, 15) is 8.42 Å². The average molecular weight is 396 g/mol. The molecule has 1 fully saturated rings. The Bertz CT molecular complexity index is 868. The van der Waals surface area contributed by atoms with Crippen molar-refractivity contribution in [1.29, 1.82) is 0 Å². The van der Waals surface area contributed by atoms with Crippen molar-refractivity contribution >= 4 is 21.8 Å². The number of thioether (sulfide) groups is 1. The van der Waals surface area contributed by atoms with Crippen LogP contribution in [0.2, 0.25) is 0 Å². The maximum absolute atomic E-state index is 13.2. The van der Waals surface area contributed by atoms with Crippen LogP contribution in [0.25, 0.3) is 0 Å². The van der Waals surface area contributed by atoms with Gasteiger partial charge in [-0.3, -0.25) is 0 Å². The maximum atomic E-state index is 13.2. The summed E-state index contributed by atoms with van der Waals surface area (Å²) in [6.45, 7) is 0.435. The van der Waals surface area contributed by atoms with E-state index in [2.05, 4.69) is 0 Å². The van der Waals surface area contributed by atoms with E-state index in [4.69, 9.17) is 14.2 Å². The van der Waals surface area contributed by atoms with Crippen molar-refractivity contribution in [3.63, 3.8) is 0 Å². The molecule has 8 heteroatoms. The van der Waals surface area contributed by atoms with E-state index in [1.807, 2.05) is 12.1 Å². The highest BCUT2D eigenvalue weighted by molar-refractivity contribution is 8.01. The minimum atomic E-state index is -3.64. The molecule has 26 heavy (non-hydrogen) atoms. The van der Waals surface area contributed by atoms with Crippen LogP contribution < -0.4 is 14.2 Å². The molecule has 0 amide bonds. The van der Waals surface area contributed by atoms with Gasteiger partial charge in [0.15, 0.2) is 11.5 Å². The van der Waals surface area contributed by atoms with Crippen LogP contribution >= 0.6 is 11.8 Å². The summed E-state index contributed by atoms with van der Waals surface area (Å²) in [6.07, 6.45) is 0. The number of benzene rings is 2. The van der Waals surface area contributed by atoms with Crippen molar-refractivity contribution < 1.29 is 22.6 Å². The molecule has 1 saturated heterocycles. The molecule has 0 aromatic heterocycles. The largest absolute Gasteiger partial charge is 0.497 e. The number of para-hydroxylation sites is 1. The lowest BCUT2D eigenvalue weighted by Crippen LogP contribution is -2.30. The summed E-state index contributed by atoms with van der Waals surface area (Å²) in [5.41, 5.74) is 0.784. The van der Waals surface area contributed by atoms with E-state index in [1.54, 1.807) is 63.4 Å². The van der Waals surface area contributed by atoms with E-state index < -0.39 is 10.0 Å². The Morgan fingerprint density at radius 3 is 2.35 bits per heavy atom. The smallest absolute Gasteiger partial charge is 0.244 e. The van der Waals surface area contributed by atoms with Crippen LogP contribution in [0.4, 0.5) is 0 Å². The van der Waals surface area contributed by atoms with Gasteiger partial charge in [-0.15, -0.1) is 11.8 Å². The van der Waals surface area contributed by atoms with E-state index in [0.717, 1.165) is 5.56 Å². The highest BCUT2D eigenvalue weighted by Gasteiger charge is 2.38. The van der Waals surface area contributed by atoms with Gasteiger partial charge >= 0.3 is 0 Å². The number of methoxy groups -OCH3 is 3. The molecule has 0 saturated carbocycles. The first kappa shape index (κ1) is 18.9. The van der Waals surface area contributed by atoms with Gasteiger partial charge in [-0.1, -0.05) is 12.1 Å². The van der Waals surface area contributed by atoms with E-state index in [-0.39, 0.29) is 10.3 Å². The number of nitrogens with zero attached hydrogens (tertiary/aromatic N) is 1. The van der Waals surface area contributed by atoms with Crippen LogP contribution in [0.15, 0.2) is 47.4 Å². The van der Waals surface area contributed by atoms with Gasteiger partial charge in [-0.05, 0) is 30.3 Å². The van der Waals surface area contributed by atoms with Gasteiger partial charge in [0.2, 0.25) is 10.0 Å². The second-order valence-corrected chi connectivity index (χ2v) is 8.68. The zero-order valence-electron chi connectivity index (χ0n) is 14.8. The molecule has 2 aromatic rings. The fraction of sp³-hybridized carbons (Fsp3) is 0.333. The van der Waals surface area contributed by atoms with Crippen LogP contribution in [0.5, 0.6) is 17.2 Å². The minimum Gasteiger partial charge on any atom is -0.497 e. The average Bonchev–Trinajstić information content (AvgIpc) is 3.17. The number of rotatable bonds is 6. The number of ether oxygens (including phenoxy) is 3. The van der Waals surface area contributed by atoms with Gasteiger partial charge in [0.05, 0.1) is 31.6 Å². The Hall–Kier alpha value is -1.90. The molecule has 1 aliphatic heterocycles. The lowest BCUT2D eigenvalue weighted by atomic mass is 10.2. The third kappa shape index (κ3) is 3.36. The second kappa shape index (κ2) is 7.77. The predicted molar refractivity (Wildman–Crippen MR) is 102 cm³/mol. The molecule has 0 aliphatic carbocycles. The first-order chi connectivity index (χ1) is 12.5. The Morgan fingerprint density at radius 2 is 1.73 bits per heavy atom. The molecule has 0 N–H and O–H groups in total.